The fourth-order valence-electron chi connectivity index (χ4n) is 1.51. The summed E-state index contributed by atoms with van der Waals surface area (Å²) < 4.78 is 2.60. The average molecular weight is 239 g/mol. The van der Waals surface area contributed by atoms with Gasteiger partial charge in [-0.15, -0.1) is 0 Å². The van der Waals surface area contributed by atoms with Crippen LogP contribution < -0.4 is 16.6 Å². The van der Waals surface area contributed by atoms with Crippen molar-refractivity contribution in [2.75, 3.05) is 6.54 Å². The molecule has 5 heteroatoms. The number of hydrogen-bond donors (Lipinski definition) is 1. The molecule has 1 aromatic rings. The van der Waals surface area contributed by atoms with Gasteiger partial charge in [-0.25, -0.2) is 4.79 Å². The fraction of sp³-hybridized carbons (Fsp3) is 0.667. The Hall–Kier alpha value is -1.36. The molecule has 0 aliphatic carbocycles. The summed E-state index contributed by atoms with van der Waals surface area (Å²) in [5.41, 5.74) is 0.339. The first kappa shape index (κ1) is 13.7. The molecule has 0 amide bonds. The quantitative estimate of drug-likeness (QED) is 0.821. The van der Waals surface area contributed by atoms with Crippen molar-refractivity contribution in [1.82, 2.24) is 14.5 Å². The normalized spacial score (nSPS) is 11.8. The van der Waals surface area contributed by atoms with Crippen molar-refractivity contribution < 1.29 is 0 Å². The Morgan fingerprint density at radius 1 is 1.18 bits per heavy atom. The second-order valence-corrected chi connectivity index (χ2v) is 5.54. The lowest BCUT2D eigenvalue weighted by Gasteiger charge is -2.19. The molecular weight excluding hydrogens is 218 g/mol. The SMILES string of the molecule is Cn1c(CNCC(C)(C)C)cc(=O)n(C)c1=O. The van der Waals surface area contributed by atoms with Crippen LogP contribution in [-0.2, 0) is 20.6 Å². The zero-order chi connectivity index (χ0) is 13.2. The minimum absolute atomic E-state index is 0.179. The largest absolute Gasteiger partial charge is 0.330 e. The van der Waals surface area contributed by atoms with Crippen LogP contribution in [0, 0.1) is 5.41 Å². The zero-order valence-electron chi connectivity index (χ0n) is 11.2. The van der Waals surface area contributed by atoms with E-state index in [0.717, 1.165) is 11.1 Å². The Kier molecular flexibility index (Phi) is 3.93. The summed E-state index contributed by atoms with van der Waals surface area (Å²) in [5, 5.41) is 3.25. The van der Waals surface area contributed by atoms with Gasteiger partial charge in [0.25, 0.3) is 5.56 Å². The Morgan fingerprint density at radius 3 is 2.29 bits per heavy atom. The first-order chi connectivity index (χ1) is 7.72. The van der Waals surface area contributed by atoms with E-state index < -0.39 is 0 Å². The minimum Gasteiger partial charge on any atom is -0.311 e. The molecule has 0 aromatic carbocycles. The molecule has 0 atom stereocenters. The van der Waals surface area contributed by atoms with Gasteiger partial charge in [0.1, 0.15) is 0 Å². The van der Waals surface area contributed by atoms with Crippen molar-refractivity contribution in [1.29, 1.82) is 0 Å². The summed E-state index contributed by atoms with van der Waals surface area (Å²) in [7, 11) is 3.16. The second-order valence-electron chi connectivity index (χ2n) is 5.54. The molecule has 1 N–H and O–H groups in total. The van der Waals surface area contributed by atoms with E-state index in [1.54, 1.807) is 7.05 Å². The van der Waals surface area contributed by atoms with Crippen LogP contribution in [0.3, 0.4) is 0 Å². The summed E-state index contributed by atoms with van der Waals surface area (Å²) in [6, 6.07) is 1.50. The van der Waals surface area contributed by atoms with Gasteiger partial charge < -0.3 is 5.32 Å². The molecule has 0 saturated carbocycles. The Morgan fingerprint density at radius 2 is 1.76 bits per heavy atom. The lowest BCUT2D eigenvalue weighted by Crippen LogP contribution is -2.39. The monoisotopic (exact) mass is 239 g/mol. The molecule has 96 valence electrons. The molecule has 0 saturated heterocycles. The van der Waals surface area contributed by atoms with Crippen molar-refractivity contribution in [3.63, 3.8) is 0 Å². The van der Waals surface area contributed by atoms with E-state index >= 15 is 0 Å². The molecule has 0 unspecified atom stereocenters. The summed E-state index contributed by atoms with van der Waals surface area (Å²) in [5.74, 6) is 0. The van der Waals surface area contributed by atoms with Crippen molar-refractivity contribution in [3.8, 4) is 0 Å². The Labute approximate surface area is 101 Å². The lowest BCUT2D eigenvalue weighted by molar-refractivity contribution is 0.376. The zero-order valence-corrected chi connectivity index (χ0v) is 11.2. The molecule has 1 rings (SSSR count). The third-order valence-corrected chi connectivity index (χ3v) is 2.59. The van der Waals surface area contributed by atoms with Gasteiger partial charge in [0.05, 0.1) is 0 Å². The predicted molar refractivity (Wildman–Crippen MR) is 68.1 cm³/mol. The van der Waals surface area contributed by atoms with Gasteiger partial charge in [-0.05, 0) is 5.41 Å². The maximum Gasteiger partial charge on any atom is 0.330 e. The summed E-state index contributed by atoms with van der Waals surface area (Å²) in [6.45, 7) is 7.74. The van der Waals surface area contributed by atoms with Crippen molar-refractivity contribution >= 4 is 0 Å². The van der Waals surface area contributed by atoms with E-state index in [2.05, 4.69) is 26.1 Å². The molecular formula is C12H21N3O2. The van der Waals surface area contributed by atoms with Crippen molar-refractivity contribution in [2.24, 2.45) is 19.5 Å². The van der Waals surface area contributed by atoms with Crippen LogP contribution in [0.1, 0.15) is 26.5 Å². The van der Waals surface area contributed by atoms with E-state index in [-0.39, 0.29) is 16.7 Å². The van der Waals surface area contributed by atoms with E-state index in [1.165, 1.54) is 17.7 Å². The van der Waals surface area contributed by atoms with Crippen LogP contribution in [0.15, 0.2) is 15.7 Å². The molecule has 0 radical (unpaired) electrons. The average Bonchev–Trinajstić information content (AvgIpc) is 2.21. The fourth-order valence-corrected chi connectivity index (χ4v) is 1.51. The third kappa shape index (κ3) is 3.56. The smallest absolute Gasteiger partial charge is 0.311 e. The predicted octanol–water partition coefficient (Wildman–Crippen LogP) is 0.220. The Balaban J connectivity index is 2.87. The first-order valence-electron chi connectivity index (χ1n) is 5.69. The highest BCUT2D eigenvalue weighted by atomic mass is 16.2. The standard InChI is InChI=1S/C12H21N3O2/c1-12(2,3)8-13-7-9-6-10(16)15(5)11(17)14(9)4/h6,13H,7-8H2,1-5H3. The van der Waals surface area contributed by atoms with Gasteiger partial charge in [0.2, 0.25) is 0 Å². The molecule has 1 aromatic heterocycles. The highest BCUT2D eigenvalue weighted by Crippen LogP contribution is 2.10. The second kappa shape index (κ2) is 4.87. The van der Waals surface area contributed by atoms with E-state index in [4.69, 9.17) is 0 Å². The topological polar surface area (TPSA) is 56.0 Å². The van der Waals surface area contributed by atoms with Crippen LogP contribution in [0.25, 0.3) is 0 Å². The van der Waals surface area contributed by atoms with Gasteiger partial charge in [-0.1, -0.05) is 20.8 Å². The third-order valence-electron chi connectivity index (χ3n) is 2.59. The van der Waals surface area contributed by atoms with Gasteiger partial charge in [0.15, 0.2) is 0 Å². The van der Waals surface area contributed by atoms with Gasteiger partial charge in [-0.2, -0.15) is 0 Å². The molecule has 0 aliphatic rings. The summed E-state index contributed by atoms with van der Waals surface area (Å²) >= 11 is 0. The van der Waals surface area contributed by atoms with Crippen LogP contribution in [-0.4, -0.2) is 15.7 Å². The minimum atomic E-state index is -0.287. The molecule has 0 aliphatic heterocycles. The van der Waals surface area contributed by atoms with Gasteiger partial charge >= 0.3 is 5.69 Å². The van der Waals surface area contributed by atoms with Gasteiger partial charge in [0, 0.05) is 38.9 Å². The molecule has 5 nitrogen and oxygen atoms in total. The van der Waals surface area contributed by atoms with Crippen molar-refractivity contribution in [2.45, 2.75) is 27.3 Å². The number of aromatic nitrogens is 2. The maximum atomic E-state index is 11.7. The van der Waals surface area contributed by atoms with Gasteiger partial charge in [-0.3, -0.25) is 13.9 Å². The van der Waals surface area contributed by atoms with Crippen LogP contribution >= 0.6 is 0 Å². The molecule has 0 spiro atoms. The van der Waals surface area contributed by atoms with Crippen LogP contribution in [0.4, 0.5) is 0 Å². The van der Waals surface area contributed by atoms with Crippen molar-refractivity contribution in [3.05, 3.63) is 32.6 Å². The molecule has 0 fully saturated rings. The molecule has 0 bridgehead atoms. The van der Waals surface area contributed by atoms with E-state index in [9.17, 15) is 9.59 Å². The molecule has 17 heavy (non-hydrogen) atoms. The van der Waals surface area contributed by atoms with E-state index in [0.29, 0.717) is 12.2 Å². The van der Waals surface area contributed by atoms with Crippen LogP contribution in [0.5, 0.6) is 0 Å². The lowest BCUT2D eigenvalue weighted by atomic mass is 9.97. The summed E-state index contributed by atoms with van der Waals surface area (Å²) in [4.78, 5) is 23.2. The maximum absolute atomic E-state index is 11.7. The number of hydrogen-bond acceptors (Lipinski definition) is 3. The number of rotatable bonds is 3. The summed E-state index contributed by atoms with van der Waals surface area (Å²) in [6.07, 6.45) is 0. The van der Waals surface area contributed by atoms with Crippen LogP contribution in [0.2, 0.25) is 0 Å². The highest BCUT2D eigenvalue weighted by Gasteiger charge is 2.10. The highest BCUT2D eigenvalue weighted by molar-refractivity contribution is 5.01. The number of nitrogens with one attached hydrogen (secondary N) is 1. The molecule has 1 heterocycles. The Bertz CT molecular complexity index is 506. The first-order valence-corrected chi connectivity index (χ1v) is 5.69. The van der Waals surface area contributed by atoms with E-state index in [1.807, 2.05) is 0 Å². The number of nitrogens with zero attached hydrogens (tertiary/aromatic N) is 2.